The Morgan fingerprint density at radius 3 is 2.58 bits per heavy atom. The average Bonchev–Trinajstić information content (AvgIpc) is 2.61. The number of benzene rings is 2. The third-order valence-corrected chi connectivity index (χ3v) is 4.30. The highest BCUT2D eigenvalue weighted by atomic mass is 32.2. The van der Waals surface area contributed by atoms with Gasteiger partial charge in [-0.25, -0.2) is 0 Å². The molecular weight excluding hydrogens is 326 g/mol. The monoisotopic (exact) mass is 345 g/mol. The van der Waals surface area contributed by atoms with Crippen LogP contribution in [-0.2, 0) is 0 Å². The molecule has 0 bridgehead atoms. The van der Waals surface area contributed by atoms with E-state index < -0.39 is 10.8 Å². The Morgan fingerprint density at radius 2 is 1.96 bits per heavy atom. The second-order valence-electron chi connectivity index (χ2n) is 5.15. The highest BCUT2D eigenvalue weighted by molar-refractivity contribution is 7.98. The van der Waals surface area contributed by atoms with Gasteiger partial charge in [-0.15, -0.1) is 11.8 Å². The summed E-state index contributed by atoms with van der Waals surface area (Å²) in [5, 5.41) is 13.9. The summed E-state index contributed by atoms with van der Waals surface area (Å²) in [6.07, 6.45) is 1.86. The first kappa shape index (κ1) is 17.8. The van der Waals surface area contributed by atoms with E-state index in [0.29, 0.717) is 13.1 Å². The number of nitro groups is 1. The van der Waals surface area contributed by atoms with Crippen molar-refractivity contribution < 1.29 is 9.72 Å². The second-order valence-corrected chi connectivity index (χ2v) is 6.03. The Hall–Kier alpha value is -2.54. The lowest BCUT2D eigenvalue weighted by atomic mass is 10.1. The van der Waals surface area contributed by atoms with Gasteiger partial charge in [-0.05, 0) is 30.5 Å². The van der Waals surface area contributed by atoms with E-state index in [-0.39, 0.29) is 11.3 Å². The highest BCUT2D eigenvalue weighted by Gasteiger charge is 2.20. The van der Waals surface area contributed by atoms with E-state index in [1.807, 2.05) is 48.5 Å². The molecule has 1 amide bonds. The molecule has 6 nitrogen and oxygen atoms in total. The number of para-hydroxylation sites is 1. The van der Waals surface area contributed by atoms with Gasteiger partial charge in [0.05, 0.1) is 4.92 Å². The summed E-state index contributed by atoms with van der Waals surface area (Å²) in [5.41, 5.74) is 0.957. The Kier molecular flexibility index (Phi) is 6.20. The second kappa shape index (κ2) is 8.35. The number of nitro benzene ring substituents is 1. The number of hydrogen-bond acceptors (Lipinski definition) is 5. The first-order chi connectivity index (χ1) is 11.5. The molecule has 2 aromatic carbocycles. The molecule has 0 saturated carbocycles. The topological polar surface area (TPSA) is 75.5 Å². The number of anilines is 1. The Morgan fingerprint density at radius 1 is 1.25 bits per heavy atom. The zero-order valence-electron chi connectivity index (χ0n) is 13.6. The third-order valence-electron chi connectivity index (χ3n) is 3.57. The van der Waals surface area contributed by atoms with Gasteiger partial charge in [-0.3, -0.25) is 14.9 Å². The maximum atomic E-state index is 12.3. The lowest BCUT2D eigenvalue weighted by Gasteiger charge is -2.19. The normalized spacial score (nSPS) is 10.2. The fraction of sp³-hybridized carbons (Fsp3) is 0.235. The van der Waals surface area contributed by atoms with Crippen molar-refractivity contribution >= 4 is 29.0 Å². The van der Waals surface area contributed by atoms with Crippen molar-refractivity contribution in [2.75, 3.05) is 31.3 Å². The largest absolute Gasteiger partial charge is 0.373 e. The molecule has 0 fully saturated rings. The molecule has 2 aromatic rings. The van der Waals surface area contributed by atoms with Crippen LogP contribution in [0.5, 0.6) is 0 Å². The molecule has 0 aromatic heterocycles. The van der Waals surface area contributed by atoms with Crippen LogP contribution in [0.25, 0.3) is 0 Å². The van der Waals surface area contributed by atoms with Crippen LogP contribution >= 0.6 is 11.8 Å². The number of likely N-dealkylation sites (N-methyl/N-ethyl adjacent to an activating group) is 1. The van der Waals surface area contributed by atoms with Gasteiger partial charge in [0, 0.05) is 36.8 Å². The molecule has 0 spiro atoms. The number of amides is 1. The van der Waals surface area contributed by atoms with Crippen molar-refractivity contribution in [2.45, 2.75) is 4.90 Å². The maximum absolute atomic E-state index is 12.3. The first-order valence-corrected chi connectivity index (χ1v) is 8.62. The van der Waals surface area contributed by atoms with Gasteiger partial charge in [-0.1, -0.05) is 18.2 Å². The number of nitrogens with zero attached hydrogens (tertiary/aromatic N) is 2. The van der Waals surface area contributed by atoms with Crippen LogP contribution in [0.1, 0.15) is 10.4 Å². The molecule has 0 aliphatic rings. The molecule has 0 radical (unpaired) electrons. The van der Waals surface area contributed by atoms with Crippen molar-refractivity contribution in [1.29, 1.82) is 0 Å². The van der Waals surface area contributed by atoms with E-state index in [1.54, 1.807) is 12.1 Å². The molecule has 0 aliphatic heterocycles. The zero-order valence-corrected chi connectivity index (χ0v) is 14.4. The summed E-state index contributed by atoms with van der Waals surface area (Å²) < 4.78 is 0. The van der Waals surface area contributed by atoms with Gasteiger partial charge in [0.15, 0.2) is 0 Å². The van der Waals surface area contributed by atoms with Gasteiger partial charge in [0.1, 0.15) is 5.56 Å². The van der Waals surface area contributed by atoms with Crippen LogP contribution in [0, 0.1) is 10.1 Å². The smallest absolute Gasteiger partial charge is 0.282 e. The first-order valence-electron chi connectivity index (χ1n) is 7.39. The van der Waals surface area contributed by atoms with Crippen molar-refractivity contribution in [3.63, 3.8) is 0 Å². The van der Waals surface area contributed by atoms with Crippen LogP contribution in [0.3, 0.4) is 0 Å². The van der Waals surface area contributed by atoms with E-state index in [1.165, 1.54) is 17.8 Å². The number of carbonyl (C=O) groups excluding carboxylic acids is 1. The van der Waals surface area contributed by atoms with Crippen LogP contribution < -0.4 is 10.2 Å². The van der Waals surface area contributed by atoms with Crippen molar-refractivity contribution in [3.05, 3.63) is 64.2 Å². The van der Waals surface area contributed by atoms with Crippen molar-refractivity contribution in [2.24, 2.45) is 0 Å². The molecule has 0 unspecified atom stereocenters. The number of rotatable bonds is 7. The van der Waals surface area contributed by atoms with Gasteiger partial charge < -0.3 is 10.2 Å². The van der Waals surface area contributed by atoms with E-state index in [4.69, 9.17) is 0 Å². The molecule has 7 heteroatoms. The molecule has 2 rings (SSSR count). The number of hydrogen-bond donors (Lipinski definition) is 1. The average molecular weight is 345 g/mol. The Balaban J connectivity index is 2.01. The molecule has 0 atom stereocenters. The van der Waals surface area contributed by atoms with Gasteiger partial charge in [-0.2, -0.15) is 0 Å². The lowest BCUT2D eigenvalue weighted by molar-refractivity contribution is -0.385. The minimum Gasteiger partial charge on any atom is -0.373 e. The minimum absolute atomic E-state index is 0.0919. The summed E-state index contributed by atoms with van der Waals surface area (Å²) in [4.78, 5) is 25.7. The molecular formula is C17H19N3O3S. The molecule has 24 heavy (non-hydrogen) atoms. The predicted octanol–water partition coefficient (Wildman–Crippen LogP) is 3.18. The zero-order chi connectivity index (χ0) is 17.5. The van der Waals surface area contributed by atoms with E-state index in [0.717, 1.165) is 10.6 Å². The maximum Gasteiger partial charge on any atom is 0.282 e. The molecule has 0 heterocycles. The van der Waals surface area contributed by atoms with Crippen LogP contribution in [-0.4, -0.2) is 37.2 Å². The Labute approximate surface area is 145 Å². The van der Waals surface area contributed by atoms with Crippen LogP contribution in [0.15, 0.2) is 53.4 Å². The van der Waals surface area contributed by atoms with E-state index in [9.17, 15) is 14.9 Å². The summed E-state index contributed by atoms with van der Waals surface area (Å²) >= 11 is 1.44. The minimum atomic E-state index is -0.533. The number of nitrogens with one attached hydrogen (secondary N) is 1. The third kappa shape index (κ3) is 4.48. The van der Waals surface area contributed by atoms with Crippen molar-refractivity contribution in [1.82, 2.24) is 5.32 Å². The van der Waals surface area contributed by atoms with Crippen LogP contribution in [0.2, 0.25) is 0 Å². The number of carbonyl (C=O) groups is 1. The number of thioether (sulfide) groups is 1. The van der Waals surface area contributed by atoms with E-state index >= 15 is 0 Å². The van der Waals surface area contributed by atoms with Gasteiger partial charge in [0.25, 0.3) is 11.6 Å². The molecule has 0 saturated heterocycles. The predicted molar refractivity (Wildman–Crippen MR) is 96.9 cm³/mol. The molecule has 0 aliphatic carbocycles. The summed E-state index contributed by atoms with van der Waals surface area (Å²) in [5.74, 6) is -0.431. The molecule has 126 valence electrons. The summed E-state index contributed by atoms with van der Waals surface area (Å²) in [7, 11) is 1.93. The molecule has 1 N–H and O–H groups in total. The Bertz CT molecular complexity index is 722. The quantitative estimate of drug-likeness (QED) is 0.474. The lowest BCUT2D eigenvalue weighted by Crippen LogP contribution is -2.33. The van der Waals surface area contributed by atoms with E-state index in [2.05, 4.69) is 5.32 Å². The van der Waals surface area contributed by atoms with Crippen LogP contribution in [0.4, 0.5) is 11.4 Å². The van der Waals surface area contributed by atoms with Crippen molar-refractivity contribution in [3.8, 4) is 0 Å². The summed E-state index contributed by atoms with van der Waals surface area (Å²) in [6, 6.07) is 14.4. The summed E-state index contributed by atoms with van der Waals surface area (Å²) in [6.45, 7) is 0.997. The highest BCUT2D eigenvalue weighted by Crippen LogP contribution is 2.24. The van der Waals surface area contributed by atoms with Gasteiger partial charge in [0.2, 0.25) is 0 Å². The standard InChI is InChI=1S/C17H19N3O3S/c1-19(13-6-4-3-5-7-13)11-10-18-17(21)15-12-14(24-2)8-9-16(15)20(22)23/h3-9,12H,10-11H2,1-2H3,(H,18,21). The SMILES string of the molecule is CSc1ccc([N+](=O)[O-])c(C(=O)NCCN(C)c2ccccc2)c1. The fourth-order valence-corrected chi connectivity index (χ4v) is 2.67. The van der Waals surface area contributed by atoms with Gasteiger partial charge >= 0.3 is 0 Å². The fourth-order valence-electron chi connectivity index (χ4n) is 2.23.